The van der Waals surface area contributed by atoms with E-state index in [0.717, 1.165) is 10.7 Å². The quantitative estimate of drug-likeness (QED) is 0.629. The van der Waals surface area contributed by atoms with Crippen molar-refractivity contribution in [2.45, 2.75) is 11.9 Å². The van der Waals surface area contributed by atoms with Gasteiger partial charge in [0.2, 0.25) is 0 Å². The van der Waals surface area contributed by atoms with E-state index < -0.39 is 5.82 Å². The first-order valence-corrected chi connectivity index (χ1v) is 6.47. The van der Waals surface area contributed by atoms with E-state index in [-0.39, 0.29) is 17.1 Å². The Balaban J connectivity index is 2.05. The van der Waals surface area contributed by atoms with E-state index >= 15 is 0 Å². The van der Waals surface area contributed by atoms with Gasteiger partial charge in [0.15, 0.2) is 5.78 Å². The molecule has 0 unspecified atom stereocenters. The Bertz CT molecular complexity index is 580. The van der Waals surface area contributed by atoms with Gasteiger partial charge in [0, 0.05) is 7.05 Å². The lowest BCUT2D eigenvalue weighted by molar-refractivity contribution is 0.101. The van der Waals surface area contributed by atoms with E-state index in [9.17, 15) is 9.18 Å². The molecule has 0 saturated carbocycles. The highest BCUT2D eigenvalue weighted by molar-refractivity contribution is 7.99. The van der Waals surface area contributed by atoms with Crippen LogP contribution in [-0.2, 0) is 7.05 Å². The fraction of sp³-hybridized carbons (Fsp3) is 0.231. The molecule has 1 heterocycles. The Hall–Kier alpha value is -1.62. The smallest absolute Gasteiger partial charge is 0.176 e. The minimum absolute atomic E-state index is 0.142. The highest BCUT2D eigenvalue weighted by Crippen LogP contribution is 2.20. The van der Waals surface area contributed by atoms with Crippen LogP contribution in [0.4, 0.5) is 4.39 Å². The first-order chi connectivity index (χ1) is 8.58. The van der Waals surface area contributed by atoms with Crippen LogP contribution in [0.1, 0.15) is 16.1 Å². The van der Waals surface area contributed by atoms with Gasteiger partial charge in [0.05, 0.1) is 22.0 Å². The summed E-state index contributed by atoms with van der Waals surface area (Å²) in [6.45, 7) is 1.89. The van der Waals surface area contributed by atoms with E-state index in [1.807, 2.05) is 20.0 Å². The third-order valence-corrected chi connectivity index (χ3v) is 3.57. The van der Waals surface area contributed by atoms with Crippen LogP contribution in [0.5, 0.6) is 0 Å². The second-order valence-electron chi connectivity index (χ2n) is 3.94. The van der Waals surface area contributed by atoms with Gasteiger partial charge in [-0.25, -0.2) is 4.39 Å². The fourth-order valence-corrected chi connectivity index (χ4v) is 2.54. The number of Topliss-reactive ketones (excluding diaryl/α,β-unsaturated/α-hetero) is 1. The van der Waals surface area contributed by atoms with Gasteiger partial charge in [-0.2, -0.15) is 5.10 Å². The number of ketones is 1. The van der Waals surface area contributed by atoms with Crippen LogP contribution in [0.3, 0.4) is 0 Å². The number of nitrogens with zero attached hydrogens (tertiary/aromatic N) is 2. The molecule has 0 aliphatic carbocycles. The summed E-state index contributed by atoms with van der Waals surface area (Å²) < 4.78 is 15.1. The number of halogens is 1. The average molecular weight is 264 g/mol. The standard InChI is InChI=1S/C13H13FN2OS/c1-9-7-13(16(2)15-9)18-8-12(17)10-5-3-4-6-11(10)14/h3-7H,8H2,1-2H3. The van der Waals surface area contributed by atoms with Gasteiger partial charge in [-0.3, -0.25) is 9.48 Å². The van der Waals surface area contributed by atoms with Gasteiger partial charge in [-0.05, 0) is 25.1 Å². The molecule has 1 aromatic heterocycles. The summed E-state index contributed by atoms with van der Waals surface area (Å²) in [6, 6.07) is 7.94. The molecule has 0 saturated heterocycles. The summed E-state index contributed by atoms with van der Waals surface area (Å²) >= 11 is 1.36. The number of hydrogen-bond donors (Lipinski definition) is 0. The second kappa shape index (κ2) is 5.35. The molecule has 0 fully saturated rings. The van der Waals surface area contributed by atoms with Gasteiger partial charge in [0.25, 0.3) is 0 Å². The number of aromatic nitrogens is 2. The molecule has 3 nitrogen and oxygen atoms in total. The lowest BCUT2D eigenvalue weighted by atomic mass is 10.1. The van der Waals surface area contributed by atoms with Crippen molar-refractivity contribution >= 4 is 17.5 Å². The molecule has 2 aromatic rings. The summed E-state index contributed by atoms with van der Waals surface area (Å²) in [7, 11) is 1.82. The Labute approximate surface area is 109 Å². The number of rotatable bonds is 4. The lowest BCUT2D eigenvalue weighted by Crippen LogP contribution is -2.05. The Morgan fingerprint density at radius 3 is 2.78 bits per heavy atom. The number of thioether (sulfide) groups is 1. The predicted molar refractivity (Wildman–Crippen MR) is 69.4 cm³/mol. The van der Waals surface area contributed by atoms with Crippen LogP contribution in [0.2, 0.25) is 0 Å². The zero-order valence-corrected chi connectivity index (χ0v) is 11.0. The van der Waals surface area contributed by atoms with E-state index in [1.54, 1.807) is 16.8 Å². The molecule has 0 aliphatic heterocycles. The van der Waals surface area contributed by atoms with Crippen molar-refractivity contribution in [2.24, 2.45) is 7.05 Å². The molecule has 0 atom stereocenters. The van der Waals surface area contributed by atoms with Crippen molar-refractivity contribution in [2.75, 3.05) is 5.75 Å². The molecule has 2 rings (SSSR count). The van der Waals surface area contributed by atoms with Gasteiger partial charge < -0.3 is 0 Å². The minimum atomic E-state index is -0.468. The van der Waals surface area contributed by atoms with Crippen LogP contribution in [0.25, 0.3) is 0 Å². The molecule has 0 radical (unpaired) electrons. The number of carbonyl (C=O) groups excluding carboxylic acids is 1. The van der Waals surface area contributed by atoms with E-state index in [2.05, 4.69) is 5.10 Å². The van der Waals surface area contributed by atoms with Crippen molar-refractivity contribution in [3.63, 3.8) is 0 Å². The molecule has 0 amide bonds. The molecule has 5 heteroatoms. The fourth-order valence-electron chi connectivity index (χ4n) is 1.63. The SMILES string of the molecule is Cc1cc(SCC(=O)c2ccccc2F)n(C)n1. The van der Waals surface area contributed by atoms with Gasteiger partial charge in [-0.15, -0.1) is 0 Å². The van der Waals surface area contributed by atoms with Crippen LogP contribution in [-0.4, -0.2) is 21.3 Å². The molecule has 0 spiro atoms. The largest absolute Gasteiger partial charge is 0.293 e. The Kier molecular flexibility index (Phi) is 3.81. The molecule has 0 N–H and O–H groups in total. The zero-order valence-electron chi connectivity index (χ0n) is 10.2. The maximum absolute atomic E-state index is 13.4. The van der Waals surface area contributed by atoms with E-state index in [1.165, 1.54) is 23.9 Å². The molecule has 1 aromatic carbocycles. The third-order valence-electron chi connectivity index (χ3n) is 2.48. The topological polar surface area (TPSA) is 34.9 Å². The predicted octanol–water partition coefficient (Wildman–Crippen LogP) is 2.84. The van der Waals surface area contributed by atoms with Crippen molar-refractivity contribution in [3.05, 3.63) is 47.4 Å². The summed E-state index contributed by atoms with van der Waals surface area (Å²) in [6.07, 6.45) is 0. The van der Waals surface area contributed by atoms with E-state index in [0.29, 0.717) is 0 Å². The van der Waals surface area contributed by atoms with Crippen molar-refractivity contribution in [3.8, 4) is 0 Å². The number of benzene rings is 1. The summed E-state index contributed by atoms with van der Waals surface area (Å²) in [5.74, 6) is -0.471. The number of aryl methyl sites for hydroxylation is 2. The maximum Gasteiger partial charge on any atom is 0.176 e. The first kappa shape index (κ1) is 12.8. The monoisotopic (exact) mass is 264 g/mol. The van der Waals surface area contributed by atoms with Crippen molar-refractivity contribution < 1.29 is 9.18 Å². The van der Waals surface area contributed by atoms with Crippen molar-refractivity contribution in [1.82, 2.24) is 9.78 Å². The highest BCUT2D eigenvalue weighted by atomic mass is 32.2. The molecular formula is C13H13FN2OS. The maximum atomic E-state index is 13.4. The zero-order chi connectivity index (χ0) is 13.1. The first-order valence-electron chi connectivity index (χ1n) is 5.49. The van der Waals surface area contributed by atoms with Crippen LogP contribution in [0, 0.1) is 12.7 Å². The number of hydrogen-bond acceptors (Lipinski definition) is 3. The molecule has 0 aliphatic rings. The van der Waals surface area contributed by atoms with Crippen molar-refractivity contribution in [1.29, 1.82) is 0 Å². The normalized spacial score (nSPS) is 10.6. The molecular weight excluding hydrogens is 251 g/mol. The summed E-state index contributed by atoms with van der Waals surface area (Å²) in [5.41, 5.74) is 1.04. The Morgan fingerprint density at radius 2 is 2.17 bits per heavy atom. The Morgan fingerprint density at radius 1 is 1.44 bits per heavy atom. The lowest BCUT2D eigenvalue weighted by Gasteiger charge is -2.02. The average Bonchev–Trinajstić information content (AvgIpc) is 2.65. The second-order valence-corrected chi connectivity index (χ2v) is 4.93. The molecule has 18 heavy (non-hydrogen) atoms. The van der Waals surface area contributed by atoms with Gasteiger partial charge in [0.1, 0.15) is 5.82 Å². The van der Waals surface area contributed by atoms with Gasteiger partial charge in [-0.1, -0.05) is 23.9 Å². The van der Waals surface area contributed by atoms with Crippen LogP contribution in [0.15, 0.2) is 35.4 Å². The van der Waals surface area contributed by atoms with Crippen LogP contribution < -0.4 is 0 Å². The molecule has 0 bridgehead atoms. The molecule has 94 valence electrons. The highest BCUT2D eigenvalue weighted by Gasteiger charge is 2.12. The van der Waals surface area contributed by atoms with Crippen LogP contribution >= 0.6 is 11.8 Å². The minimum Gasteiger partial charge on any atom is -0.293 e. The summed E-state index contributed by atoms with van der Waals surface area (Å²) in [5, 5.41) is 5.09. The van der Waals surface area contributed by atoms with Gasteiger partial charge >= 0.3 is 0 Å². The number of carbonyl (C=O) groups is 1. The summed E-state index contributed by atoms with van der Waals surface area (Å²) in [4.78, 5) is 11.9. The van der Waals surface area contributed by atoms with E-state index in [4.69, 9.17) is 0 Å². The third kappa shape index (κ3) is 2.79.